The lowest BCUT2D eigenvalue weighted by atomic mass is 9.84. The molecule has 4 atom stereocenters. The molecular weight excluding hydrogens is 326 g/mol. The van der Waals surface area contributed by atoms with Crippen LogP contribution in [0.15, 0.2) is 10.7 Å². The van der Waals surface area contributed by atoms with Crippen molar-refractivity contribution >= 4 is 27.8 Å². The third kappa shape index (κ3) is 2.13. The fraction of sp³-hybridized carbons (Fsp3) is 0.615. The molecule has 2 N–H and O–H groups in total. The highest BCUT2D eigenvalue weighted by molar-refractivity contribution is 9.10. The summed E-state index contributed by atoms with van der Waals surface area (Å²) in [5, 5.41) is 9.45. The molecule has 3 rings (SSSR count). The topological polar surface area (TPSA) is 84.1 Å². The number of aromatic nitrogens is 2. The third-order valence-corrected chi connectivity index (χ3v) is 5.11. The Kier molecular flexibility index (Phi) is 3.54. The van der Waals surface area contributed by atoms with Gasteiger partial charge in [0, 0.05) is 6.04 Å². The molecule has 2 aliphatic rings. The zero-order valence-electron chi connectivity index (χ0n) is 11.1. The van der Waals surface area contributed by atoms with Crippen LogP contribution in [0.5, 0.6) is 0 Å². The quantitative estimate of drug-likeness (QED) is 0.816. The number of hydrogen-bond donors (Lipinski definition) is 2. The Hall–Kier alpha value is -1.37. The Labute approximate surface area is 124 Å². The van der Waals surface area contributed by atoms with E-state index in [9.17, 15) is 9.59 Å². The van der Waals surface area contributed by atoms with Gasteiger partial charge in [0.25, 0.3) is 5.91 Å². The van der Waals surface area contributed by atoms with Crippen LogP contribution in [0.3, 0.4) is 0 Å². The van der Waals surface area contributed by atoms with Crippen LogP contribution in [0.2, 0.25) is 0 Å². The van der Waals surface area contributed by atoms with Gasteiger partial charge in [0.15, 0.2) is 0 Å². The summed E-state index contributed by atoms with van der Waals surface area (Å²) in [6.45, 7) is 0. The number of nitrogens with one attached hydrogen (secondary N) is 2. The number of carbonyl (C=O) groups excluding carboxylic acids is 2. The summed E-state index contributed by atoms with van der Waals surface area (Å²) >= 11 is 3.27. The zero-order chi connectivity index (χ0) is 14.3. The lowest BCUT2D eigenvalue weighted by molar-refractivity contribution is -0.148. The second kappa shape index (κ2) is 5.20. The van der Waals surface area contributed by atoms with E-state index in [2.05, 4.69) is 31.4 Å². The van der Waals surface area contributed by atoms with Crippen molar-refractivity contribution in [2.45, 2.75) is 25.3 Å². The van der Waals surface area contributed by atoms with Crippen LogP contribution in [-0.4, -0.2) is 35.2 Å². The molecule has 108 valence electrons. The maximum absolute atomic E-state index is 12.3. The number of hydrogen-bond acceptors (Lipinski definition) is 4. The molecule has 2 aliphatic carbocycles. The summed E-state index contributed by atoms with van der Waals surface area (Å²) in [7, 11) is 1.40. The first-order chi connectivity index (χ1) is 9.61. The van der Waals surface area contributed by atoms with E-state index in [0.717, 1.165) is 19.3 Å². The van der Waals surface area contributed by atoms with E-state index >= 15 is 0 Å². The molecule has 0 aliphatic heterocycles. The number of esters is 1. The molecule has 0 saturated heterocycles. The minimum atomic E-state index is -0.235. The Morgan fingerprint density at radius 3 is 2.85 bits per heavy atom. The van der Waals surface area contributed by atoms with E-state index in [4.69, 9.17) is 4.74 Å². The molecule has 1 aromatic rings. The first-order valence-electron chi connectivity index (χ1n) is 6.69. The van der Waals surface area contributed by atoms with E-state index in [-0.39, 0.29) is 23.8 Å². The molecule has 20 heavy (non-hydrogen) atoms. The maximum Gasteiger partial charge on any atom is 0.311 e. The zero-order valence-corrected chi connectivity index (χ0v) is 12.6. The van der Waals surface area contributed by atoms with E-state index in [0.29, 0.717) is 22.0 Å². The third-order valence-electron chi connectivity index (χ3n) is 4.51. The van der Waals surface area contributed by atoms with E-state index in [1.54, 1.807) is 0 Å². The normalized spacial score (nSPS) is 31.3. The molecule has 0 spiro atoms. The van der Waals surface area contributed by atoms with Gasteiger partial charge in [0.2, 0.25) is 0 Å². The van der Waals surface area contributed by atoms with Crippen molar-refractivity contribution in [2.24, 2.45) is 17.8 Å². The van der Waals surface area contributed by atoms with Gasteiger partial charge in [-0.15, -0.1) is 0 Å². The summed E-state index contributed by atoms with van der Waals surface area (Å²) in [6.07, 6.45) is 4.64. The van der Waals surface area contributed by atoms with Gasteiger partial charge in [-0.05, 0) is 47.0 Å². The predicted octanol–water partition coefficient (Wildman–Crippen LogP) is 1.49. The number of amides is 1. The Morgan fingerprint density at radius 1 is 1.45 bits per heavy atom. The van der Waals surface area contributed by atoms with Gasteiger partial charge >= 0.3 is 5.97 Å². The number of nitrogens with zero attached hydrogens (tertiary/aromatic N) is 1. The number of rotatable bonds is 3. The number of methoxy groups -OCH3 is 1. The van der Waals surface area contributed by atoms with Crippen LogP contribution in [0, 0.1) is 17.8 Å². The molecule has 0 unspecified atom stereocenters. The van der Waals surface area contributed by atoms with Crippen LogP contribution in [-0.2, 0) is 9.53 Å². The van der Waals surface area contributed by atoms with Gasteiger partial charge in [-0.25, -0.2) is 0 Å². The van der Waals surface area contributed by atoms with Gasteiger partial charge in [-0.3, -0.25) is 14.7 Å². The average molecular weight is 342 g/mol. The molecule has 0 radical (unpaired) electrons. The molecule has 2 fully saturated rings. The Balaban J connectivity index is 1.77. The molecule has 1 heterocycles. The van der Waals surface area contributed by atoms with Gasteiger partial charge in [0.05, 0.1) is 23.7 Å². The first kappa shape index (κ1) is 13.6. The first-order valence-corrected chi connectivity index (χ1v) is 7.48. The number of fused-ring (bicyclic) bond motifs is 2. The largest absolute Gasteiger partial charge is 0.469 e. The molecule has 1 aromatic heterocycles. The lowest BCUT2D eigenvalue weighted by Gasteiger charge is -2.29. The lowest BCUT2D eigenvalue weighted by Crippen LogP contribution is -2.47. The summed E-state index contributed by atoms with van der Waals surface area (Å²) < 4.78 is 5.51. The molecule has 0 aromatic carbocycles. The number of ether oxygens (including phenoxy) is 1. The highest BCUT2D eigenvalue weighted by atomic mass is 79.9. The van der Waals surface area contributed by atoms with Gasteiger partial charge in [0.1, 0.15) is 5.69 Å². The van der Waals surface area contributed by atoms with E-state index < -0.39 is 0 Å². The molecule has 6 nitrogen and oxygen atoms in total. The molecular formula is C13H16BrN3O3. The number of halogens is 1. The van der Waals surface area contributed by atoms with Crippen molar-refractivity contribution in [2.75, 3.05) is 7.11 Å². The van der Waals surface area contributed by atoms with Crippen molar-refractivity contribution in [1.82, 2.24) is 15.5 Å². The highest BCUT2D eigenvalue weighted by Crippen LogP contribution is 2.49. The predicted molar refractivity (Wildman–Crippen MR) is 73.9 cm³/mol. The van der Waals surface area contributed by atoms with Crippen LogP contribution >= 0.6 is 15.9 Å². The molecule has 2 bridgehead atoms. The van der Waals surface area contributed by atoms with Crippen molar-refractivity contribution in [3.63, 3.8) is 0 Å². The maximum atomic E-state index is 12.3. The fourth-order valence-electron chi connectivity index (χ4n) is 3.63. The summed E-state index contributed by atoms with van der Waals surface area (Å²) in [4.78, 5) is 24.2. The average Bonchev–Trinajstić information content (AvgIpc) is 3.13. The minimum Gasteiger partial charge on any atom is -0.469 e. The van der Waals surface area contributed by atoms with Crippen molar-refractivity contribution in [3.05, 3.63) is 16.4 Å². The van der Waals surface area contributed by atoms with Crippen molar-refractivity contribution < 1.29 is 14.3 Å². The van der Waals surface area contributed by atoms with Crippen LogP contribution in [0.1, 0.15) is 29.8 Å². The molecule has 2 saturated carbocycles. The molecule has 7 heteroatoms. The number of carbonyl (C=O) groups is 2. The number of H-pyrrole nitrogens is 1. The Morgan fingerprint density at radius 2 is 2.20 bits per heavy atom. The Bertz CT molecular complexity index is 545. The second-order valence-electron chi connectivity index (χ2n) is 5.47. The monoisotopic (exact) mass is 341 g/mol. The summed E-state index contributed by atoms with van der Waals surface area (Å²) in [5.41, 5.74) is 0.386. The van der Waals surface area contributed by atoms with Gasteiger partial charge in [-0.1, -0.05) is 0 Å². The SMILES string of the molecule is COC(=O)[C@@H]1[C@H]2CC[C@@H](C2)[C@@H]1NC(=O)c1[nH]ncc1Br. The van der Waals surface area contributed by atoms with Crippen LogP contribution < -0.4 is 5.32 Å². The smallest absolute Gasteiger partial charge is 0.311 e. The second-order valence-corrected chi connectivity index (χ2v) is 6.33. The van der Waals surface area contributed by atoms with Crippen molar-refractivity contribution in [3.8, 4) is 0 Å². The number of aromatic amines is 1. The standard InChI is InChI=1S/C13H16BrN3O3/c1-20-13(19)9-6-2-3-7(4-6)10(9)16-12(18)11-8(14)5-15-17-11/h5-7,9-10H,2-4H2,1H3,(H,15,17)(H,16,18)/t6-,7-,9+,10-/m0/s1. The summed E-state index contributed by atoms with van der Waals surface area (Å²) in [6, 6.07) is -0.135. The van der Waals surface area contributed by atoms with Crippen LogP contribution in [0.25, 0.3) is 0 Å². The molecule has 1 amide bonds. The minimum absolute atomic E-state index is 0.135. The fourth-order valence-corrected chi connectivity index (χ4v) is 4.00. The van der Waals surface area contributed by atoms with Crippen molar-refractivity contribution in [1.29, 1.82) is 0 Å². The van der Waals surface area contributed by atoms with E-state index in [1.165, 1.54) is 13.3 Å². The van der Waals surface area contributed by atoms with Gasteiger partial charge < -0.3 is 10.1 Å². The highest BCUT2D eigenvalue weighted by Gasteiger charge is 2.52. The van der Waals surface area contributed by atoms with Crippen LogP contribution in [0.4, 0.5) is 0 Å². The van der Waals surface area contributed by atoms with Gasteiger partial charge in [-0.2, -0.15) is 5.10 Å². The van der Waals surface area contributed by atoms with E-state index in [1.807, 2.05) is 0 Å². The summed E-state index contributed by atoms with van der Waals surface area (Å²) in [5.74, 6) is 0.0362.